The van der Waals surface area contributed by atoms with Crippen LogP contribution in [0.15, 0.2) is 29.7 Å². The van der Waals surface area contributed by atoms with E-state index in [1.807, 2.05) is 0 Å². The summed E-state index contributed by atoms with van der Waals surface area (Å²) in [7, 11) is -3.60. The maximum absolute atomic E-state index is 12.8. The number of fused-ring (bicyclic) bond motifs is 1. The van der Waals surface area contributed by atoms with Crippen molar-refractivity contribution in [3.05, 3.63) is 41.1 Å². The highest BCUT2D eigenvalue weighted by Gasteiger charge is 2.43. The largest absolute Gasteiger partial charge is 0.352 e. The van der Waals surface area contributed by atoms with E-state index in [-0.39, 0.29) is 30.2 Å². The molecule has 2 heterocycles. The minimum Gasteiger partial charge on any atom is -0.352 e. The molecular formula is C15H17FN2O3S. The van der Waals surface area contributed by atoms with Crippen LogP contribution >= 0.6 is 0 Å². The standard InChI is InChI=1S/C15H17FN2O3S/c16-12-5-3-11(4-6-12)7-9-22(20,21)18-8-1-2-13-14(18)10-15(19)17-13/h3-7,9,13-14H,1-2,8,10H2,(H,17,19)/b9-7+/t13-,14-/m0/s1. The summed E-state index contributed by atoms with van der Waals surface area (Å²) < 4.78 is 39.3. The second-order valence-corrected chi connectivity index (χ2v) is 7.37. The molecular weight excluding hydrogens is 307 g/mol. The summed E-state index contributed by atoms with van der Waals surface area (Å²) in [6, 6.07) is 5.20. The molecule has 0 spiro atoms. The lowest BCUT2D eigenvalue weighted by molar-refractivity contribution is -0.119. The lowest BCUT2D eigenvalue weighted by Gasteiger charge is -2.34. The normalized spacial score (nSPS) is 26.1. The van der Waals surface area contributed by atoms with Gasteiger partial charge in [0.05, 0.1) is 6.04 Å². The first-order chi connectivity index (χ1) is 10.5. The lowest BCUT2D eigenvalue weighted by atomic mass is 10.0. The Labute approximate surface area is 128 Å². The zero-order valence-electron chi connectivity index (χ0n) is 11.9. The molecule has 3 rings (SSSR count). The molecule has 1 aromatic rings. The molecule has 118 valence electrons. The molecule has 0 bridgehead atoms. The third kappa shape index (κ3) is 3.05. The number of halogens is 1. The fourth-order valence-corrected chi connectivity index (χ4v) is 4.49. The monoisotopic (exact) mass is 324 g/mol. The van der Waals surface area contributed by atoms with Gasteiger partial charge in [-0.2, -0.15) is 4.31 Å². The summed E-state index contributed by atoms with van der Waals surface area (Å²) in [6.45, 7) is 0.423. The van der Waals surface area contributed by atoms with E-state index >= 15 is 0 Å². The summed E-state index contributed by atoms with van der Waals surface area (Å²) in [5, 5.41) is 3.96. The van der Waals surface area contributed by atoms with Crippen molar-refractivity contribution in [2.45, 2.75) is 31.3 Å². The maximum Gasteiger partial charge on any atom is 0.236 e. The number of nitrogens with zero attached hydrogens (tertiary/aromatic N) is 1. The number of piperidine rings is 1. The van der Waals surface area contributed by atoms with Gasteiger partial charge in [0.1, 0.15) is 5.82 Å². The number of hydrogen-bond donors (Lipinski definition) is 1. The SMILES string of the molecule is O=C1C[C@H]2[C@H](CCCN2S(=O)(=O)/C=C/c2ccc(F)cc2)N1. The Hall–Kier alpha value is -1.73. The molecule has 2 aliphatic rings. The maximum atomic E-state index is 12.8. The number of amides is 1. The predicted molar refractivity (Wildman–Crippen MR) is 80.6 cm³/mol. The Balaban J connectivity index is 1.80. The van der Waals surface area contributed by atoms with Gasteiger partial charge >= 0.3 is 0 Å². The number of carbonyl (C=O) groups is 1. The molecule has 1 aromatic carbocycles. The summed E-state index contributed by atoms with van der Waals surface area (Å²) in [5.74, 6) is -0.464. The van der Waals surface area contributed by atoms with Crippen LogP contribution in [0.4, 0.5) is 4.39 Å². The van der Waals surface area contributed by atoms with Gasteiger partial charge in [0, 0.05) is 24.4 Å². The molecule has 1 N–H and O–H groups in total. The van der Waals surface area contributed by atoms with E-state index in [1.54, 1.807) is 0 Å². The van der Waals surface area contributed by atoms with Crippen molar-refractivity contribution in [3.8, 4) is 0 Å². The fraction of sp³-hybridized carbons (Fsp3) is 0.400. The van der Waals surface area contributed by atoms with Crippen LogP contribution in [0.1, 0.15) is 24.8 Å². The van der Waals surface area contributed by atoms with E-state index in [0.717, 1.165) is 18.2 Å². The van der Waals surface area contributed by atoms with Crippen LogP contribution in [0.25, 0.3) is 6.08 Å². The van der Waals surface area contributed by atoms with E-state index in [4.69, 9.17) is 0 Å². The Morgan fingerprint density at radius 1 is 1.27 bits per heavy atom. The molecule has 0 radical (unpaired) electrons. The first-order valence-corrected chi connectivity index (χ1v) is 8.71. The second kappa shape index (κ2) is 5.81. The van der Waals surface area contributed by atoms with Crippen molar-refractivity contribution in [2.75, 3.05) is 6.54 Å². The van der Waals surface area contributed by atoms with E-state index in [9.17, 15) is 17.6 Å². The molecule has 2 aliphatic heterocycles. The minimum absolute atomic E-state index is 0.0877. The van der Waals surface area contributed by atoms with Crippen LogP contribution in [0.3, 0.4) is 0 Å². The second-order valence-electron chi connectivity index (χ2n) is 5.60. The Morgan fingerprint density at radius 2 is 2.00 bits per heavy atom. The zero-order valence-corrected chi connectivity index (χ0v) is 12.7. The number of hydrogen-bond acceptors (Lipinski definition) is 3. The molecule has 0 aromatic heterocycles. The number of carbonyl (C=O) groups excluding carboxylic acids is 1. The van der Waals surface area contributed by atoms with Crippen molar-refractivity contribution in [3.63, 3.8) is 0 Å². The number of nitrogens with one attached hydrogen (secondary N) is 1. The third-order valence-corrected chi connectivity index (χ3v) is 5.69. The van der Waals surface area contributed by atoms with Crippen molar-refractivity contribution < 1.29 is 17.6 Å². The van der Waals surface area contributed by atoms with Crippen LogP contribution in [0, 0.1) is 5.82 Å². The number of benzene rings is 1. The molecule has 7 heteroatoms. The average molecular weight is 324 g/mol. The molecule has 2 saturated heterocycles. The van der Waals surface area contributed by atoms with Gasteiger partial charge < -0.3 is 5.32 Å². The van der Waals surface area contributed by atoms with Gasteiger partial charge in [-0.15, -0.1) is 0 Å². The summed E-state index contributed by atoms with van der Waals surface area (Å²) in [6.07, 6.45) is 3.20. The number of sulfonamides is 1. The fourth-order valence-electron chi connectivity index (χ4n) is 3.03. The average Bonchev–Trinajstić information content (AvgIpc) is 2.86. The van der Waals surface area contributed by atoms with Gasteiger partial charge in [-0.3, -0.25) is 4.79 Å². The van der Waals surface area contributed by atoms with Crippen molar-refractivity contribution in [2.24, 2.45) is 0 Å². The van der Waals surface area contributed by atoms with Gasteiger partial charge in [-0.05, 0) is 36.6 Å². The van der Waals surface area contributed by atoms with Crippen LogP contribution in [0.2, 0.25) is 0 Å². The molecule has 0 aliphatic carbocycles. The molecule has 22 heavy (non-hydrogen) atoms. The topological polar surface area (TPSA) is 66.5 Å². The van der Waals surface area contributed by atoms with Crippen molar-refractivity contribution >= 4 is 22.0 Å². The first-order valence-electron chi connectivity index (χ1n) is 7.20. The number of rotatable bonds is 3. The highest BCUT2D eigenvalue weighted by molar-refractivity contribution is 7.92. The Bertz CT molecular complexity index is 700. The van der Waals surface area contributed by atoms with E-state index < -0.39 is 10.0 Å². The Morgan fingerprint density at radius 3 is 2.73 bits per heavy atom. The van der Waals surface area contributed by atoms with Gasteiger partial charge in [-0.1, -0.05) is 12.1 Å². The van der Waals surface area contributed by atoms with E-state index in [1.165, 1.54) is 34.6 Å². The Kier molecular flexibility index (Phi) is 4.01. The molecule has 0 unspecified atom stereocenters. The lowest BCUT2D eigenvalue weighted by Crippen LogP contribution is -2.50. The van der Waals surface area contributed by atoms with Gasteiger partial charge in [-0.25, -0.2) is 12.8 Å². The van der Waals surface area contributed by atoms with Crippen LogP contribution in [0.5, 0.6) is 0 Å². The summed E-state index contributed by atoms with van der Waals surface area (Å²) >= 11 is 0. The van der Waals surface area contributed by atoms with Crippen LogP contribution in [-0.2, 0) is 14.8 Å². The van der Waals surface area contributed by atoms with Crippen molar-refractivity contribution in [1.29, 1.82) is 0 Å². The molecule has 0 saturated carbocycles. The van der Waals surface area contributed by atoms with Crippen LogP contribution < -0.4 is 5.32 Å². The van der Waals surface area contributed by atoms with Gasteiger partial charge in [0.2, 0.25) is 15.9 Å². The predicted octanol–water partition coefficient (Wildman–Crippen LogP) is 1.48. The molecule has 2 atom stereocenters. The molecule has 1 amide bonds. The third-order valence-electron chi connectivity index (χ3n) is 4.10. The quantitative estimate of drug-likeness (QED) is 0.916. The summed E-state index contributed by atoms with van der Waals surface area (Å²) in [5.41, 5.74) is 0.610. The molecule has 5 nitrogen and oxygen atoms in total. The zero-order chi connectivity index (χ0) is 15.7. The van der Waals surface area contributed by atoms with E-state index in [2.05, 4.69) is 5.32 Å². The van der Waals surface area contributed by atoms with Crippen LogP contribution in [-0.4, -0.2) is 37.3 Å². The molecule has 2 fully saturated rings. The van der Waals surface area contributed by atoms with E-state index in [0.29, 0.717) is 12.1 Å². The van der Waals surface area contributed by atoms with Gasteiger partial charge in [0.25, 0.3) is 0 Å². The van der Waals surface area contributed by atoms with Gasteiger partial charge in [0.15, 0.2) is 0 Å². The first kappa shape index (κ1) is 15.2. The minimum atomic E-state index is -3.60. The smallest absolute Gasteiger partial charge is 0.236 e. The highest BCUT2D eigenvalue weighted by atomic mass is 32.2. The van der Waals surface area contributed by atoms with Crippen molar-refractivity contribution in [1.82, 2.24) is 9.62 Å². The summed E-state index contributed by atoms with van der Waals surface area (Å²) in [4.78, 5) is 11.5. The highest BCUT2D eigenvalue weighted by Crippen LogP contribution is 2.28.